The Hall–Kier alpha value is -2.78. The summed E-state index contributed by atoms with van der Waals surface area (Å²) in [4.78, 5) is 28.5. The van der Waals surface area contributed by atoms with Crippen LogP contribution in [0, 0.1) is 0 Å². The number of anilines is 1. The molecule has 1 N–H and O–H groups in total. The first-order valence-corrected chi connectivity index (χ1v) is 14.9. The minimum Gasteiger partial charge on any atom is -0.352 e. The van der Waals surface area contributed by atoms with Crippen molar-refractivity contribution in [3.63, 3.8) is 0 Å². The molecule has 0 aliphatic carbocycles. The van der Waals surface area contributed by atoms with E-state index < -0.39 is 28.5 Å². The van der Waals surface area contributed by atoms with Gasteiger partial charge in [0.1, 0.15) is 12.6 Å². The number of sulfonamides is 1. The summed E-state index contributed by atoms with van der Waals surface area (Å²) in [5.74, 6) is -0.965. The van der Waals surface area contributed by atoms with Gasteiger partial charge in [-0.1, -0.05) is 78.1 Å². The van der Waals surface area contributed by atoms with Gasteiger partial charge in [0.05, 0.1) is 15.6 Å². The van der Waals surface area contributed by atoms with Crippen LogP contribution in [0.4, 0.5) is 5.69 Å². The van der Waals surface area contributed by atoms with Crippen LogP contribution in [0.2, 0.25) is 15.1 Å². The monoisotopic (exact) mass is 609 g/mol. The second-order valence-corrected chi connectivity index (χ2v) is 12.2. The molecule has 2 amide bonds. The van der Waals surface area contributed by atoms with Gasteiger partial charge < -0.3 is 10.2 Å². The van der Waals surface area contributed by atoms with Crippen LogP contribution in [0.25, 0.3) is 0 Å². The maximum absolute atomic E-state index is 14.0. The van der Waals surface area contributed by atoms with Crippen molar-refractivity contribution in [1.29, 1.82) is 0 Å². The predicted octanol–water partition coefficient (Wildman–Crippen LogP) is 6.17. The van der Waals surface area contributed by atoms with E-state index in [1.807, 2.05) is 13.8 Å². The topological polar surface area (TPSA) is 86.8 Å². The van der Waals surface area contributed by atoms with E-state index in [0.29, 0.717) is 15.6 Å². The normalized spacial score (nSPS) is 12.2. The first-order valence-electron chi connectivity index (χ1n) is 12.3. The Balaban J connectivity index is 2.09. The predicted molar refractivity (Wildman–Crippen MR) is 157 cm³/mol. The van der Waals surface area contributed by atoms with Crippen molar-refractivity contribution in [3.8, 4) is 0 Å². The molecular weight excluding hydrogens is 581 g/mol. The lowest BCUT2D eigenvalue weighted by molar-refractivity contribution is -0.140. The van der Waals surface area contributed by atoms with Gasteiger partial charge in [-0.25, -0.2) is 8.42 Å². The molecule has 0 unspecified atom stereocenters. The number of benzene rings is 3. The second kappa shape index (κ2) is 13.5. The Morgan fingerprint density at radius 3 is 2.13 bits per heavy atom. The summed E-state index contributed by atoms with van der Waals surface area (Å²) in [6, 6.07) is 17.9. The molecule has 0 aromatic heterocycles. The highest BCUT2D eigenvalue weighted by Crippen LogP contribution is 2.31. The second-order valence-electron chi connectivity index (χ2n) is 9.12. The molecule has 3 aromatic carbocycles. The summed E-state index contributed by atoms with van der Waals surface area (Å²) in [6.45, 7) is 4.77. The van der Waals surface area contributed by atoms with Crippen LogP contribution < -0.4 is 9.62 Å². The Morgan fingerprint density at radius 2 is 1.54 bits per heavy atom. The molecule has 7 nitrogen and oxygen atoms in total. The standard InChI is InChI=1S/C28H30Cl3N3O4S/c1-4-25(28(36)32-19(2)3)33(17-20-14-15-21(29)16-24(20)31)27(35)18-34(26-13-9-8-12-23(26)30)39(37,38)22-10-6-5-7-11-22/h5-16,19,25H,4,17-18H2,1-3H3,(H,32,36)/t25-/m1/s1. The summed E-state index contributed by atoms with van der Waals surface area (Å²) in [5, 5.41) is 3.74. The number of nitrogens with one attached hydrogen (secondary N) is 1. The average Bonchev–Trinajstić information content (AvgIpc) is 2.88. The van der Waals surface area contributed by atoms with Gasteiger partial charge in [-0.05, 0) is 62.2 Å². The summed E-state index contributed by atoms with van der Waals surface area (Å²) in [5.41, 5.74) is 0.695. The van der Waals surface area contributed by atoms with Crippen molar-refractivity contribution in [1.82, 2.24) is 10.2 Å². The number of carbonyl (C=O) groups is 2. The largest absolute Gasteiger partial charge is 0.352 e. The number of hydrogen-bond donors (Lipinski definition) is 1. The van der Waals surface area contributed by atoms with Crippen molar-refractivity contribution in [2.75, 3.05) is 10.8 Å². The van der Waals surface area contributed by atoms with Gasteiger partial charge in [-0.15, -0.1) is 0 Å². The Morgan fingerprint density at radius 1 is 0.897 bits per heavy atom. The molecule has 0 bridgehead atoms. The summed E-state index contributed by atoms with van der Waals surface area (Å²) < 4.78 is 28.6. The van der Waals surface area contributed by atoms with Crippen molar-refractivity contribution >= 4 is 62.3 Å². The van der Waals surface area contributed by atoms with Gasteiger partial charge in [-0.3, -0.25) is 13.9 Å². The SMILES string of the molecule is CC[C@H](C(=O)NC(C)C)N(Cc1ccc(Cl)cc1Cl)C(=O)CN(c1ccccc1Cl)S(=O)(=O)c1ccccc1. The maximum atomic E-state index is 14.0. The van der Waals surface area contributed by atoms with Crippen LogP contribution >= 0.6 is 34.8 Å². The minimum absolute atomic E-state index is 0.00499. The van der Waals surface area contributed by atoms with Crippen LogP contribution in [-0.2, 0) is 26.2 Å². The fraction of sp³-hybridized carbons (Fsp3) is 0.286. The number of carbonyl (C=O) groups excluding carboxylic acids is 2. The summed E-state index contributed by atoms with van der Waals surface area (Å²) in [7, 11) is -4.21. The third-order valence-electron chi connectivity index (χ3n) is 5.90. The Bertz CT molecular complexity index is 1420. The van der Waals surface area contributed by atoms with Crippen molar-refractivity contribution in [3.05, 3.63) is 93.4 Å². The average molecular weight is 611 g/mol. The summed E-state index contributed by atoms with van der Waals surface area (Å²) in [6.07, 6.45) is 0.285. The Kier molecular flexibility index (Phi) is 10.7. The van der Waals surface area contributed by atoms with Crippen molar-refractivity contribution in [2.45, 2.75) is 50.7 Å². The van der Waals surface area contributed by atoms with Gasteiger partial charge in [-0.2, -0.15) is 0 Å². The molecule has 39 heavy (non-hydrogen) atoms. The van der Waals surface area contributed by atoms with E-state index in [1.54, 1.807) is 61.5 Å². The smallest absolute Gasteiger partial charge is 0.264 e. The lowest BCUT2D eigenvalue weighted by Gasteiger charge is -2.34. The van der Waals surface area contributed by atoms with Crippen LogP contribution in [0.15, 0.2) is 77.7 Å². The van der Waals surface area contributed by atoms with Gasteiger partial charge >= 0.3 is 0 Å². The fourth-order valence-electron chi connectivity index (χ4n) is 4.02. The molecule has 0 aliphatic rings. The first-order chi connectivity index (χ1) is 18.4. The van der Waals surface area contributed by atoms with Crippen LogP contribution in [0.5, 0.6) is 0 Å². The van der Waals surface area contributed by atoms with Gasteiger partial charge in [0.25, 0.3) is 10.0 Å². The van der Waals surface area contributed by atoms with E-state index in [0.717, 1.165) is 4.31 Å². The molecule has 0 radical (unpaired) electrons. The highest BCUT2D eigenvalue weighted by Gasteiger charge is 2.34. The van der Waals surface area contributed by atoms with Gasteiger partial charge in [0, 0.05) is 22.6 Å². The number of halogens is 3. The van der Waals surface area contributed by atoms with Crippen LogP contribution in [-0.4, -0.2) is 43.8 Å². The quantitative estimate of drug-likeness (QED) is 0.281. The fourth-order valence-corrected chi connectivity index (χ4v) is 6.23. The van der Waals surface area contributed by atoms with E-state index in [1.165, 1.54) is 23.1 Å². The van der Waals surface area contributed by atoms with E-state index in [-0.39, 0.29) is 40.5 Å². The molecule has 0 heterocycles. The van der Waals surface area contributed by atoms with Crippen molar-refractivity contribution < 1.29 is 18.0 Å². The number of para-hydroxylation sites is 1. The molecule has 1 atom stereocenters. The third-order valence-corrected chi connectivity index (χ3v) is 8.58. The highest BCUT2D eigenvalue weighted by atomic mass is 35.5. The lowest BCUT2D eigenvalue weighted by Crippen LogP contribution is -2.53. The molecule has 0 aliphatic heterocycles. The maximum Gasteiger partial charge on any atom is 0.264 e. The number of amides is 2. The van der Waals surface area contributed by atoms with Crippen LogP contribution in [0.1, 0.15) is 32.8 Å². The molecule has 0 saturated heterocycles. The lowest BCUT2D eigenvalue weighted by atomic mass is 10.1. The first kappa shape index (κ1) is 30.8. The number of hydrogen-bond acceptors (Lipinski definition) is 4. The van der Waals surface area contributed by atoms with E-state index in [4.69, 9.17) is 34.8 Å². The molecular formula is C28H30Cl3N3O4S. The number of nitrogens with zero attached hydrogens (tertiary/aromatic N) is 2. The molecule has 208 valence electrons. The zero-order chi connectivity index (χ0) is 28.7. The van der Waals surface area contributed by atoms with E-state index in [9.17, 15) is 18.0 Å². The highest BCUT2D eigenvalue weighted by molar-refractivity contribution is 7.92. The molecule has 11 heteroatoms. The number of rotatable bonds is 11. The van der Waals surface area contributed by atoms with Gasteiger partial charge in [0.15, 0.2) is 0 Å². The molecule has 0 saturated carbocycles. The van der Waals surface area contributed by atoms with E-state index >= 15 is 0 Å². The van der Waals surface area contributed by atoms with E-state index in [2.05, 4.69) is 5.32 Å². The van der Waals surface area contributed by atoms with Crippen LogP contribution in [0.3, 0.4) is 0 Å². The molecule has 3 aromatic rings. The molecule has 0 fully saturated rings. The van der Waals surface area contributed by atoms with Crippen molar-refractivity contribution in [2.24, 2.45) is 0 Å². The third kappa shape index (κ3) is 7.66. The van der Waals surface area contributed by atoms with Gasteiger partial charge in [0.2, 0.25) is 11.8 Å². The molecule has 0 spiro atoms. The zero-order valence-electron chi connectivity index (χ0n) is 21.8. The Labute approximate surface area is 244 Å². The molecule has 3 rings (SSSR count). The summed E-state index contributed by atoms with van der Waals surface area (Å²) >= 11 is 18.9. The minimum atomic E-state index is -4.21. The zero-order valence-corrected chi connectivity index (χ0v) is 24.9.